The largest absolute Gasteiger partial charge is 0.465 e. The summed E-state index contributed by atoms with van der Waals surface area (Å²) in [6.45, 7) is 0. The second-order valence-corrected chi connectivity index (χ2v) is 2.84. The van der Waals surface area contributed by atoms with Crippen molar-refractivity contribution in [2.45, 2.75) is 0 Å². The number of carbonyl (C=O) groups is 2. The van der Waals surface area contributed by atoms with Gasteiger partial charge in [0.1, 0.15) is 5.52 Å². The fraction of sp³-hybridized carbons (Fsp3) is 0.100. The van der Waals surface area contributed by atoms with E-state index in [0.29, 0.717) is 22.9 Å². The molecule has 1 aromatic heterocycles. The SMILES string of the molecule is COC(=O)c1ccc2nc(C=O)oc2c1. The van der Waals surface area contributed by atoms with Crippen LogP contribution in [0, 0.1) is 0 Å². The smallest absolute Gasteiger partial charge is 0.337 e. The highest BCUT2D eigenvalue weighted by molar-refractivity contribution is 5.93. The minimum Gasteiger partial charge on any atom is -0.465 e. The highest BCUT2D eigenvalue weighted by Gasteiger charge is 2.09. The Morgan fingerprint density at radius 1 is 1.53 bits per heavy atom. The summed E-state index contributed by atoms with van der Waals surface area (Å²) in [5, 5.41) is 0. The van der Waals surface area contributed by atoms with Gasteiger partial charge in [-0.25, -0.2) is 9.78 Å². The molecule has 0 saturated heterocycles. The number of rotatable bonds is 2. The first-order chi connectivity index (χ1) is 7.24. The predicted octanol–water partition coefficient (Wildman–Crippen LogP) is 1.43. The number of fused-ring (bicyclic) bond motifs is 1. The van der Waals surface area contributed by atoms with Crippen LogP contribution in [-0.4, -0.2) is 24.3 Å². The van der Waals surface area contributed by atoms with E-state index in [1.165, 1.54) is 13.2 Å². The number of methoxy groups -OCH3 is 1. The molecule has 0 bridgehead atoms. The second kappa shape index (κ2) is 3.53. The van der Waals surface area contributed by atoms with Gasteiger partial charge in [-0.15, -0.1) is 0 Å². The van der Waals surface area contributed by atoms with Gasteiger partial charge in [-0.3, -0.25) is 4.79 Å². The van der Waals surface area contributed by atoms with E-state index in [4.69, 9.17) is 4.42 Å². The molecule has 0 N–H and O–H groups in total. The zero-order chi connectivity index (χ0) is 10.8. The van der Waals surface area contributed by atoms with Crippen LogP contribution >= 0.6 is 0 Å². The first-order valence-electron chi connectivity index (χ1n) is 4.18. The van der Waals surface area contributed by atoms with Gasteiger partial charge in [-0.1, -0.05) is 0 Å². The van der Waals surface area contributed by atoms with Gasteiger partial charge in [0.15, 0.2) is 5.58 Å². The lowest BCUT2D eigenvalue weighted by Gasteiger charge is -1.96. The maximum Gasteiger partial charge on any atom is 0.337 e. The number of carbonyl (C=O) groups excluding carboxylic acids is 2. The number of hydrogen-bond donors (Lipinski definition) is 0. The van der Waals surface area contributed by atoms with Crippen LogP contribution in [0.2, 0.25) is 0 Å². The average Bonchev–Trinajstić information content (AvgIpc) is 2.69. The Labute approximate surface area is 84.7 Å². The summed E-state index contributed by atoms with van der Waals surface area (Å²) >= 11 is 0. The van der Waals surface area contributed by atoms with E-state index in [2.05, 4.69) is 9.72 Å². The summed E-state index contributed by atoms with van der Waals surface area (Å²) in [5.74, 6) is -0.465. The topological polar surface area (TPSA) is 69.4 Å². The van der Waals surface area contributed by atoms with Gasteiger partial charge in [-0.2, -0.15) is 0 Å². The third-order valence-corrected chi connectivity index (χ3v) is 1.93. The van der Waals surface area contributed by atoms with E-state index in [-0.39, 0.29) is 5.89 Å². The van der Waals surface area contributed by atoms with Crippen molar-refractivity contribution in [2.75, 3.05) is 7.11 Å². The number of hydrogen-bond acceptors (Lipinski definition) is 5. The maximum absolute atomic E-state index is 11.2. The van der Waals surface area contributed by atoms with Gasteiger partial charge < -0.3 is 9.15 Å². The molecule has 0 unspecified atom stereocenters. The highest BCUT2D eigenvalue weighted by Crippen LogP contribution is 2.16. The van der Waals surface area contributed by atoms with Crippen molar-refractivity contribution in [3.63, 3.8) is 0 Å². The molecule has 0 saturated carbocycles. The van der Waals surface area contributed by atoms with Crippen molar-refractivity contribution in [3.8, 4) is 0 Å². The molecule has 5 heteroatoms. The lowest BCUT2D eigenvalue weighted by Crippen LogP contribution is -2.00. The third kappa shape index (κ3) is 1.59. The Hall–Kier alpha value is -2.17. The van der Waals surface area contributed by atoms with Crippen LogP contribution in [-0.2, 0) is 4.74 Å². The minimum absolute atomic E-state index is 0.00739. The molecule has 5 nitrogen and oxygen atoms in total. The number of aldehydes is 1. The van der Waals surface area contributed by atoms with E-state index >= 15 is 0 Å². The molecule has 0 atom stereocenters. The van der Waals surface area contributed by atoms with E-state index in [0.717, 1.165) is 0 Å². The Balaban J connectivity index is 2.55. The third-order valence-electron chi connectivity index (χ3n) is 1.93. The van der Waals surface area contributed by atoms with Crippen molar-refractivity contribution >= 4 is 23.4 Å². The summed E-state index contributed by atoms with van der Waals surface area (Å²) in [7, 11) is 1.30. The molecule has 0 spiro atoms. The van der Waals surface area contributed by atoms with E-state index < -0.39 is 5.97 Å². The Bertz CT molecular complexity index is 529. The van der Waals surface area contributed by atoms with Crippen molar-refractivity contribution in [1.29, 1.82) is 0 Å². The summed E-state index contributed by atoms with van der Waals surface area (Å²) in [6.07, 6.45) is 0.512. The van der Waals surface area contributed by atoms with Gasteiger partial charge in [-0.05, 0) is 18.2 Å². The second-order valence-electron chi connectivity index (χ2n) is 2.84. The number of oxazole rings is 1. The van der Waals surface area contributed by atoms with Crippen LogP contribution in [0.5, 0.6) is 0 Å². The first-order valence-corrected chi connectivity index (χ1v) is 4.18. The standard InChI is InChI=1S/C10H7NO4/c1-14-10(13)6-2-3-7-8(4-6)15-9(5-12)11-7/h2-5H,1H3. The minimum atomic E-state index is -0.457. The molecular weight excluding hydrogens is 198 g/mol. The van der Waals surface area contributed by atoms with Crippen molar-refractivity contribution in [2.24, 2.45) is 0 Å². The monoisotopic (exact) mass is 205 g/mol. The van der Waals surface area contributed by atoms with Crippen molar-refractivity contribution < 1.29 is 18.7 Å². The van der Waals surface area contributed by atoms with Crippen LogP contribution in [0.4, 0.5) is 0 Å². The molecule has 0 radical (unpaired) electrons. The Morgan fingerprint density at radius 2 is 2.33 bits per heavy atom. The molecule has 0 aliphatic carbocycles. The normalized spacial score (nSPS) is 10.2. The maximum atomic E-state index is 11.2. The van der Waals surface area contributed by atoms with Crippen LogP contribution in [0.1, 0.15) is 21.0 Å². The van der Waals surface area contributed by atoms with Crippen LogP contribution in [0.3, 0.4) is 0 Å². The molecule has 1 aromatic carbocycles. The molecule has 2 rings (SSSR count). The molecule has 0 amide bonds. The molecule has 0 aliphatic heterocycles. The quantitative estimate of drug-likeness (QED) is 0.547. The van der Waals surface area contributed by atoms with Crippen molar-refractivity contribution in [3.05, 3.63) is 29.7 Å². The highest BCUT2D eigenvalue weighted by atomic mass is 16.5. The molecule has 0 fully saturated rings. The summed E-state index contributed by atoms with van der Waals surface area (Å²) < 4.78 is 9.61. The van der Waals surface area contributed by atoms with Gasteiger partial charge in [0.05, 0.1) is 12.7 Å². The van der Waals surface area contributed by atoms with E-state index in [1.807, 2.05) is 0 Å². The Morgan fingerprint density at radius 3 is 3.00 bits per heavy atom. The Kier molecular flexibility index (Phi) is 2.21. The van der Waals surface area contributed by atoms with Gasteiger partial charge in [0.25, 0.3) is 5.89 Å². The van der Waals surface area contributed by atoms with E-state index in [1.54, 1.807) is 12.1 Å². The van der Waals surface area contributed by atoms with Gasteiger partial charge in [0.2, 0.25) is 6.29 Å². The number of aromatic nitrogens is 1. The van der Waals surface area contributed by atoms with Crippen LogP contribution in [0.25, 0.3) is 11.1 Å². The fourth-order valence-electron chi connectivity index (χ4n) is 1.24. The zero-order valence-corrected chi connectivity index (χ0v) is 7.89. The number of benzene rings is 1. The molecule has 15 heavy (non-hydrogen) atoms. The van der Waals surface area contributed by atoms with Gasteiger partial charge in [0, 0.05) is 0 Å². The average molecular weight is 205 g/mol. The lowest BCUT2D eigenvalue weighted by molar-refractivity contribution is 0.0600. The zero-order valence-electron chi connectivity index (χ0n) is 7.89. The lowest BCUT2D eigenvalue weighted by atomic mass is 10.2. The predicted molar refractivity (Wildman–Crippen MR) is 50.7 cm³/mol. The van der Waals surface area contributed by atoms with E-state index in [9.17, 15) is 9.59 Å². The van der Waals surface area contributed by atoms with Gasteiger partial charge >= 0.3 is 5.97 Å². The van der Waals surface area contributed by atoms with Crippen molar-refractivity contribution in [1.82, 2.24) is 4.98 Å². The fourth-order valence-corrected chi connectivity index (χ4v) is 1.24. The summed E-state index contributed by atoms with van der Waals surface area (Å²) in [4.78, 5) is 25.5. The molecule has 1 heterocycles. The number of nitrogens with zero attached hydrogens (tertiary/aromatic N) is 1. The molecular formula is C10H7NO4. The molecule has 2 aromatic rings. The molecule has 76 valence electrons. The summed E-state index contributed by atoms with van der Waals surface area (Å²) in [5.41, 5.74) is 1.28. The van der Waals surface area contributed by atoms with Crippen LogP contribution < -0.4 is 0 Å². The number of ether oxygens (including phenoxy) is 1. The molecule has 0 aliphatic rings. The number of esters is 1. The first kappa shape index (κ1) is 9.39. The van der Waals surface area contributed by atoms with Crippen LogP contribution in [0.15, 0.2) is 22.6 Å². The summed E-state index contributed by atoms with van der Waals surface area (Å²) in [6, 6.07) is 4.64.